The van der Waals surface area contributed by atoms with E-state index in [-0.39, 0.29) is 11.9 Å². The molecule has 0 aliphatic rings. The van der Waals surface area contributed by atoms with Gasteiger partial charge in [-0.2, -0.15) is 0 Å². The fourth-order valence-electron chi connectivity index (χ4n) is 0.728. The smallest absolute Gasteiger partial charge is 0.130 e. The molecule has 1 rings (SSSR count). The van der Waals surface area contributed by atoms with Gasteiger partial charge in [-0.05, 0) is 12.1 Å². The number of hydrogen-bond donors (Lipinski definition) is 1. The van der Waals surface area contributed by atoms with E-state index >= 15 is 0 Å². The van der Waals surface area contributed by atoms with Crippen LogP contribution < -0.4 is 0 Å². The minimum Gasteiger partial charge on any atom is -0.395 e. The quantitative estimate of drug-likeness (QED) is 0.604. The van der Waals surface area contributed by atoms with Crippen molar-refractivity contribution in [2.75, 3.05) is 6.61 Å². The molecule has 0 aliphatic heterocycles. The molecule has 1 aromatic rings. The molecule has 0 aromatic carbocycles. The maximum absolute atomic E-state index is 8.80. The third kappa shape index (κ3) is 3.01. The average molecular weight is 204 g/mol. The Hall–Kier alpha value is -0.250. The first-order valence-corrected chi connectivity index (χ1v) is 4.87. The van der Waals surface area contributed by atoms with Crippen molar-refractivity contribution in [2.45, 2.75) is 17.1 Å². The van der Waals surface area contributed by atoms with E-state index in [9.17, 15) is 0 Å². The first kappa shape index (κ1) is 9.84. The molecule has 0 fully saturated rings. The van der Waals surface area contributed by atoms with Gasteiger partial charge in [0.25, 0.3) is 0 Å². The van der Waals surface area contributed by atoms with Crippen LogP contribution in [0.15, 0.2) is 23.2 Å². The van der Waals surface area contributed by atoms with E-state index < -0.39 is 0 Å². The molecule has 0 radical (unpaired) electrons. The highest BCUT2D eigenvalue weighted by Crippen LogP contribution is 2.23. The van der Waals surface area contributed by atoms with Gasteiger partial charge in [0, 0.05) is 16.3 Å². The molecule has 12 heavy (non-hydrogen) atoms. The van der Waals surface area contributed by atoms with Crippen molar-refractivity contribution in [3.05, 3.63) is 23.5 Å². The first-order valence-electron chi connectivity index (χ1n) is 3.61. The second-order valence-corrected chi connectivity index (χ2v) is 4.32. The minimum atomic E-state index is 0.171. The van der Waals surface area contributed by atoms with Gasteiger partial charge >= 0.3 is 0 Å². The maximum Gasteiger partial charge on any atom is 0.130 e. The summed E-state index contributed by atoms with van der Waals surface area (Å²) in [4.78, 5) is 4.90. The zero-order valence-electron chi connectivity index (χ0n) is 6.70. The number of halogens is 1. The minimum absolute atomic E-state index is 0.171. The molecule has 0 saturated carbocycles. The Morgan fingerprint density at radius 2 is 2.50 bits per heavy atom. The summed E-state index contributed by atoms with van der Waals surface area (Å²) in [5.74, 6) is 0. The normalized spacial score (nSPS) is 12.9. The van der Waals surface area contributed by atoms with Crippen LogP contribution in [0, 0.1) is 0 Å². The van der Waals surface area contributed by atoms with E-state index in [1.54, 1.807) is 24.0 Å². The van der Waals surface area contributed by atoms with Crippen LogP contribution in [0.2, 0.25) is 5.15 Å². The zero-order valence-corrected chi connectivity index (χ0v) is 8.27. The average Bonchev–Trinajstić information content (AvgIpc) is 2.04. The molecule has 1 unspecified atom stereocenters. The van der Waals surface area contributed by atoms with E-state index in [2.05, 4.69) is 4.98 Å². The molecule has 2 nitrogen and oxygen atoms in total. The van der Waals surface area contributed by atoms with Gasteiger partial charge in [0.2, 0.25) is 0 Å². The zero-order chi connectivity index (χ0) is 8.97. The molecule has 1 atom stereocenters. The standard InChI is InChI=1S/C8H10ClNOS/c1-6(5-11)12-7-2-3-10-8(9)4-7/h2-4,6,11H,5H2,1H3. The molecule has 0 saturated heterocycles. The van der Waals surface area contributed by atoms with Crippen LogP contribution in [0.5, 0.6) is 0 Å². The lowest BCUT2D eigenvalue weighted by Crippen LogP contribution is -2.01. The predicted octanol–water partition coefficient (Wildman–Crippen LogP) is 2.21. The fraction of sp³-hybridized carbons (Fsp3) is 0.375. The molecule has 0 bridgehead atoms. The van der Waals surface area contributed by atoms with Crippen LogP contribution in [-0.2, 0) is 0 Å². The molecule has 0 aliphatic carbocycles. The summed E-state index contributed by atoms with van der Waals surface area (Å²) >= 11 is 7.27. The van der Waals surface area contributed by atoms with Crippen LogP contribution in [-0.4, -0.2) is 21.9 Å². The van der Waals surface area contributed by atoms with Gasteiger partial charge in [-0.3, -0.25) is 0 Å². The number of hydrogen-bond acceptors (Lipinski definition) is 3. The molecule has 4 heteroatoms. The lowest BCUT2D eigenvalue weighted by atomic mass is 10.5. The molecule has 66 valence electrons. The van der Waals surface area contributed by atoms with Crippen LogP contribution in [0.1, 0.15) is 6.92 Å². The van der Waals surface area contributed by atoms with Crippen molar-refractivity contribution in [3.63, 3.8) is 0 Å². The van der Waals surface area contributed by atoms with E-state index in [4.69, 9.17) is 16.7 Å². The van der Waals surface area contributed by atoms with Crippen molar-refractivity contribution >= 4 is 23.4 Å². The molecule has 1 heterocycles. The highest BCUT2D eigenvalue weighted by molar-refractivity contribution is 8.00. The highest BCUT2D eigenvalue weighted by Gasteiger charge is 2.02. The molecule has 0 spiro atoms. The van der Waals surface area contributed by atoms with E-state index in [1.165, 1.54) is 0 Å². The summed E-state index contributed by atoms with van der Waals surface area (Å²) in [5.41, 5.74) is 0. The number of aliphatic hydroxyl groups excluding tert-OH is 1. The third-order valence-electron chi connectivity index (χ3n) is 1.29. The summed E-state index contributed by atoms with van der Waals surface area (Å²) in [6, 6.07) is 3.67. The number of rotatable bonds is 3. The third-order valence-corrected chi connectivity index (χ3v) is 2.58. The molecule has 1 aromatic heterocycles. The number of thioether (sulfide) groups is 1. The van der Waals surface area contributed by atoms with Crippen molar-refractivity contribution in [1.82, 2.24) is 4.98 Å². The molecule has 1 N–H and O–H groups in total. The number of pyridine rings is 1. The molecular weight excluding hydrogens is 194 g/mol. The highest BCUT2D eigenvalue weighted by atomic mass is 35.5. The van der Waals surface area contributed by atoms with Crippen molar-refractivity contribution in [1.29, 1.82) is 0 Å². The van der Waals surface area contributed by atoms with Crippen molar-refractivity contribution < 1.29 is 5.11 Å². The second kappa shape index (κ2) is 4.70. The topological polar surface area (TPSA) is 33.1 Å². The van der Waals surface area contributed by atoms with E-state index in [0.29, 0.717) is 5.15 Å². The monoisotopic (exact) mass is 203 g/mol. The Balaban J connectivity index is 2.63. The van der Waals surface area contributed by atoms with Crippen molar-refractivity contribution in [2.24, 2.45) is 0 Å². The van der Waals surface area contributed by atoms with Gasteiger partial charge in [-0.25, -0.2) is 4.98 Å². The van der Waals surface area contributed by atoms with Crippen LogP contribution >= 0.6 is 23.4 Å². The van der Waals surface area contributed by atoms with Gasteiger partial charge in [0.05, 0.1) is 6.61 Å². The summed E-state index contributed by atoms with van der Waals surface area (Å²) in [6.07, 6.45) is 1.66. The van der Waals surface area contributed by atoms with Crippen LogP contribution in [0.25, 0.3) is 0 Å². The Bertz CT molecular complexity index is 257. The predicted molar refractivity (Wildman–Crippen MR) is 51.7 cm³/mol. The number of aromatic nitrogens is 1. The Kier molecular flexibility index (Phi) is 3.85. The Labute approximate surface area is 81.0 Å². The lowest BCUT2D eigenvalue weighted by molar-refractivity contribution is 0.300. The van der Waals surface area contributed by atoms with Gasteiger partial charge in [0.1, 0.15) is 5.15 Å². The summed E-state index contributed by atoms with van der Waals surface area (Å²) in [5, 5.41) is 9.48. The largest absolute Gasteiger partial charge is 0.395 e. The van der Waals surface area contributed by atoms with Gasteiger partial charge in [-0.15, -0.1) is 11.8 Å². The molecule has 0 amide bonds. The number of aliphatic hydroxyl groups is 1. The summed E-state index contributed by atoms with van der Waals surface area (Å²) < 4.78 is 0. The summed E-state index contributed by atoms with van der Waals surface area (Å²) in [6.45, 7) is 2.13. The SMILES string of the molecule is CC(CO)Sc1ccnc(Cl)c1. The van der Waals surface area contributed by atoms with Crippen LogP contribution in [0.4, 0.5) is 0 Å². The van der Waals surface area contributed by atoms with Crippen molar-refractivity contribution in [3.8, 4) is 0 Å². The Morgan fingerprint density at radius 1 is 1.75 bits per heavy atom. The van der Waals surface area contributed by atoms with Gasteiger partial charge in [-0.1, -0.05) is 18.5 Å². The van der Waals surface area contributed by atoms with Gasteiger partial charge in [0.15, 0.2) is 0 Å². The fourth-order valence-corrected chi connectivity index (χ4v) is 1.82. The first-order chi connectivity index (χ1) is 5.72. The second-order valence-electron chi connectivity index (χ2n) is 2.43. The lowest BCUT2D eigenvalue weighted by Gasteiger charge is -2.06. The van der Waals surface area contributed by atoms with Crippen LogP contribution in [0.3, 0.4) is 0 Å². The van der Waals surface area contributed by atoms with E-state index in [0.717, 1.165) is 4.90 Å². The molecular formula is C8H10ClNOS. The Morgan fingerprint density at radius 3 is 3.08 bits per heavy atom. The van der Waals surface area contributed by atoms with Gasteiger partial charge < -0.3 is 5.11 Å². The summed E-state index contributed by atoms with van der Waals surface area (Å²) in [7, 11) is 0. The van der Waals surface area contributed by atoms with E-state index in [1.807, 2.05) is 13.0 Å². The number of nitrogens with zero attached hydrogens (tertiary/aromatic N) is 1. The maximum atomic E-state index is 8.80.